The van der Waals surface area contributed by atoms with Gasteiger partial charge < -0.3 is 11.1 Å². The van der Waals surface area contributed by atoms with Gasteiger partial charge in [-0.1, -0.05) is 6.07 Å². The van der Waals surface area contributed by atoms with E-state index in [0.29, 0.717) is 12.5 Å². The standard InChI is InChI=1S/C17H22N6O/c1-12-3-2-4-15(21-12)22-17-16(19-7-8-20-17)13-5-9-23(10-6-13)11-14(18)24/h2-4,7-8,13H,5-6,9-11H2,1H3,(H2,18,24)(H,20,21,22). The summed E-state index contributed by atoms with van der Waals surface area (Å²) in [6, 6.07) is 5.83. The van der Waals surface area contributed by atoms with Crippen molar-refractivity contribution < 1.29 is 4.79 Å². The molecule has 0 aromatic carbocycles. The number of aryl methyl sites for hydroxylation is 1. The average molecular weight is 326 g/mol. The van der Waals surface area contributed by atoms with E-state index in [1.54, 1.807) is 12.4 Å². The van der Waals surface area contributed by atoms with Gasteiger partial charge in [0.2, 0.25) is 5.91 Å². The van der Waals surface area contributed by atoms with E-state index in [9.17, 15) is 4.79 Å². The van der Waals surface area contributed by atoms with Gasteiger partial charge in [0, 0.05) is 24.0 Å². The van der Waals surface area contributed by atoms with Gasteiger partial charge in [-0.25, -0.2) is 9.97 Å². The van der Waals surface area contributed by atoms with E-state index in [1.807, 2.05) is 25.1 Å². The molecule has 0 aliphatic carbocycles. The molecule has 0 bridgehead atoms. The summed E-state index contributed by atoms with van der Waals surface area (Å²) >= 11 is 0. The van der Waals surface area contributed by atoms with Crippen LogP contribution in [0.1, 0.15) is 30.1 Å². The molecule has 3 N–H and O–H groups in total. The molecule has 1 saturated heterocycles. The molecular weight excluding hydrogens is 304 g/mol. The second-order valence-electron chi connectivity index (χ2n) is 6.10. The molecule has 1 aliphatic heterocycles. The van der Waals surface area contributed by atoms with Gasteiger partial charge in [-0.3, -0.25) is 14.7 Å². The van der Waals surface area contributed by atoms with Crippen LogP contribution in [-0.4, -0.2) is 45.4 Å². The highest BCUT2D eigenvalue weighted by Crippen LogP contribution is 2.31. The Bertz CT molecular complexity index is 712. The van der Waals surface area contributed by atoms with E-state index in [4.69, 9.17) is 5.73 Å². The van der Waals surface area contributed by atoms with E-state index in [1.165, 1.54) is 0 Å². The molecule has 1 amide bonds. The van der Waals surface area contributed by atoms with Gasteiger partial charge in [-0.2, -0.15) is 0 Å². The first-order chi connectivity index (χ1) is 11.6. The molecule has 7 nitrogen and oxygen atoms in total. The number of aromatic nitrogens is 3. The lowest BCUT2D eigenvalue weighted by Gasteiger charge is -2.31. The summed E-state index contributed by atoms with van der Waals surface area (Å²) in [7, 11) is 0. The Labute approximate surface area is 141 Å². The van der Waals surface area contributed by atoms with Crippen LogP contribution in [0.2, 0.25) is 0 Å². The molecule has 3 rings (SSSR count). The third-order valence-electron chi connectivity index (χ3n) is 4.22. The lowest BCUT2D eigenvalue weighted by atomic mass is 9.93. The smallest absolute Gasteiger partial charge is 0.231 e. The van der Waals surface area contributed by atoms with E-state index < -0.39 is 0 Å². The Kier molecular flexibility index (Phi) is 5.00. The number of hydrogen-bond donors (Lipinski definition) is 2. The van der Waals surface area contributed by atoms with Crippen LogP contribution in [0.5, 0.6) is 0 Å². The van der Waals surface area contributed by atoms with Crippen LogP contribution in [0.25, 0.3) is 0 Å². The first-order valence-corrected chi connectivity index (χ1v) is 8.14. The molecule has 0 saturated carbocycles. The lowest BCUT2D eigenvalue weighted by Crippen LogP contribution is -2.39. The Morgan fingerprint density at radius 2 is 2.04 bits per heavy atom. The largest absolute Gasteiger partial charge is 0.369 e. The molecule has 2 aromatic rings. The molecule has 1 fully saturated rings. The predicted molar refractivity (Wildman–Crippen MR) is 91.9 cm³/mol. The SMILES string of the molecule is Cc1cccc(Nc2nccnc2C2CCN(CC(N)=O)CC2)n1. The number of nitrogens with one attached hydrogen (secondary N) is 1. The van der Waals surface area contributed by atoms with Crippen molar-refractivity contribution in [3.63, 3.8) is 0 Å². The number of nitrogens with two attached hydrogens (primary N) is 1. The summed E-state index contributed by atoms with van der Waals surface area (Å²) in [5.41, 5.74) is 7.18. The first kappa shape index (κ1) is 16.3. The zero-order chi connectivity index (χ0) is 16.9. The number of likely N-dealkylation sites (tertiary alicyclic amines) is 1. The Hall–Kier alpha value is -2.54. The monoisotopic (exact) mass is 326 g/mol. The molecular formula is C17H22N6O. The number of carbonyl (C=O) groups excluding carboxylic acids is 1. The van der Waals surface area contributed by atoms with Crippen LogP contribution in [0.3, 0.4) is 0 Å². The van der Waals surface area contributed by atoms with Gasteiger partial charge in [0.05, 0.1) is 12.2 Å². The minimum atomic E-state index is -0.277. The Morgan fingerprint density at radius 3 is 2.75 bits per heavy atom. The first-order valence-electron chi connectivity index (χ1n) is 8.14. The number of anilines is 2. The van der Waals surface area contributed by atoms with Crippen LogP contribution in [0.4, 0.5) is 11.6 Å². The topological polar surface area (TPSA) is 97.0 Å². The highest BCUT2D eigenvalue weighted by Gasteiger charge is 2.25. The minimum absolute atomic E-state index is 0.277. The summed E-state index contributed by atoms with van der Waals surface area (Å²) in [6.07, 6.45) is 5.27. The number of piperidine rings is 1. The maximum absolute atomic E-state index is 11.0. The number of rotatable bonds is 5. The van der Waals surface area contributed by atoms with E-state index >= 15 is 0 Å². The normalized spacial score (nSPS) is 16.0. The maximum Gasteiger partial charge on any atom is 0.231 e. The molecule has 3 heterocycles. The van der Waals surface area contributed by atoms with Gasteiger partial charge in [-0.15, -0.1) is 0 Å². The van der Waals surface area contributed by atoms with Crippen molar-refractivity contribution in [1.82, 2.24) is 19.9 Å². The number of primary amides is 1. The second-order valence-corrected chi connectivity index (χ2v) is 6.10. The number of carbonyl (C=O) groups is 1. The molecule has 0 atom stereocenters. The van der Waals surface area contributed by atoms with Crippen LogP contribution >= 0.6 is 0 Å². The molecule has 0 radical (unpaired) electrons. The van der Waals surface area contributed by atoms with Crippen molar-refractivity contribution >= 4 is 17.5 Å². The zero-order valence-electron chi connectivity index (χ0n) is 13.8. The van der Waals surface area contributed by atoms with E-state index in [0.717, 1.165) is 49.0 Å². The molecule has 7 heteroatoms. The highest BCUT2D eigenvalue weighted by molar-refractivity contribution is 5.75. The zero-order valence-corrected chi connectivity index (χ0v) is 13.8. The van der Waals surface area contributed by atoms with Gasteiger partial charge in [0.25, 0.3) is 0 Å². The van der Waals surface area contributed by atoms with Crippen LogP contribution in [0.15, 0.2) is 30.6 Å². The molecule has 0 spiro atoms. The fourth-order valence-electron chi connectivity index (χ4n) is 3.06. The van der Waals surface area contributed by atoms with Crippen LogP contribution < -0.4 is 11.1 Å². The van der Waals surface area contributed by atoms with Crippen molar-refractivity contribution in [3.8, 4) is 0 Å². The van der Waals surface area contributed by atoms with Gasteiger partial charge in [0.1, 0.15) is 5.82 Å². The van der Waals surface area contributed by atoms with Crippen molar-refractivity contribution in [2.45, 2.75) is 25.7 Å². The molecule has 0 unspecified atom stereocenters. The van der Waals surface area contributed by atoms with Gasteiger partial charge in [0.15, 0.2) is 5.82 Å². The van der Waals surface area contributed by atoms with E-state index in [2.05, 4.69) is 25.2 Å². The van der Waals surface area contributed by atoms with Gasteiger partial charge in [-0.05, 0) is 45.0 Å². The van der Waals surface area contributed by atoms with Crippen molar-refractivity contribution in [3.05, 3.63) is 42.0 Å². The fourth-order valence-corrected chi connectivity index (χ4v) is 3.06. The van der Waals surface area contributed by atoms with Crippen LogP contribution in [-0.2, 0) is 4.79 Å². The molecule has 24 heavy (non-hydrogen) atoms. The van der Waals surface area contributed by atoms with Gasteiger partial charge >= 0.3 is 0 Å². The maximum atomic E-state index is 11.0. The van der Waals surface area contributed by atoms with Crippen molar-refractivity contribution in [2.75, 3.05) is 25.0 Å². The van der Waals surface area contributed by atoms with E-state index in [-0.39, 0.29) is 5.91 Å². The lowest BCUT2D eigenvalue weighted by molar-refractivity contribution is -0.119. The fraction of sp³-hybridized carbons (Fsp3) is 0.412. The summed E-state index contributed by atoms with van der Waals surface area (Å²) in [5.74, 6) is 1.56. The number of nitrogens with zero attached hydrogens (tertiary/aromatic N) is 4. The molecule has 1 aliphatic rings. The molecule has 126 valence electrons. The third kappa shape index (κ3) is 4.05. The third-order valence-corrected chi connectivity index (χ3v) is 4.22. The number of pyridine rings is 1. The average Bonchev–Trinajstić information content (AvgIpc) is 2.56. The number of hydrogen-bond acceptors (Lipinski definition) is 6. The van der Waals surface area contributed by atoms with Crippen molar-refractivity contribution in [2.24, 2.45) is 5.73 Å². The second kappa shape index (κ2) is 7.35. The predicted octanol–water partition coefficient (Wildman–Crippen LogP) is 1.59. The minimum Gasteiger partial charge on any atom is -0.369 e. The summed E-state index contributed by atoms with van der Waals surface area (Å²) in [4.78, 5) is 26.6. The summed E-state index contributed by atoms with van der Waals surface area (Å²) in [6.45, 7) is 3.96. The quantitative estimate of drug-likeness (QED) is 0.866. The number of amides is 1. The summed E-state index contributed by atoms with van der Waals surface area (Å²) in [5, 5.41) is 3.28. The highest BCUT2D eigenvalue weighted by atomic mass is 16.1. The Balaban J connectivity index is 1.72. The van der Waals surface area contributed by atoms with Crippen molar-refractivity contribution in [1.29, 1.82) is 0 Å². The summed E-state index contributed by atoms with van der Waals surface area (Å²) < 4.78 is 0. The molecule has 2 aromatic heterocycles. The Morgan fingerprint density at radius 1 is 1.29 bits per heavy atom. The van der Waals surface area contributed by atoms with Crippen LogP contribution in [0, 0.1) is 6.92 Å².